The molecule has 9 heteroatoms. The van der Waals surface area contributed by atoms with Gasteiger partial charge in [0, 0.05) is 23.8 Å². The van der Waals surface area contributed by atoms with Gasteiger partial charge in [-0.15, -0.1) is 0 Å². The highest BCUT2D eigenvalue weighted by molar-refractivity contribution is 8.13. The summed E-state index contributed by atoms with van der Waals surface area (Å²) >= 11 is 0. The molecule has 0 aliphatic rings. The SMILES string of the molecule is Cn1cc([N+](=O)[O-])cc(S(=O)(=O)Cl)c1=O. The van der Waals surface area contributed by atoms with Crippen molar-refractivity contribution in [3.05, 3.63) is 32.7 Å². The predicted octanol–water partition coefficient (Wildman–Crippen LogP) is 0.221. The molecule has 0 saturated carbocycles. The summed E-state index contributed by atoms with van der Waals surface area (Å²) in [4.78, 5) is 20.0. The van der Waals surface area contributed by atoms with Gasteiger partial charge in [-0.3, -0.25) is 14.9 Å². The molecule has 1 rings (SSSR count). The lowest BCUT2D eigenvalue weighted by molar-refractivity contribution is -0.385. The van der Waals surface area contributed by atoms with Crippen molar-refractivity contribution < 1.29 is 13.3 Å². The van der Waals surface area contributed by atoms with Crippen LogP contribution in [0.3, 0.4) is 0 Å². The molecule has 0 fully saturated rings. The van der Waals surface area contributed by atoms with Crippen molar-refractivity contribution in [2.45, 2.75) is 4.90 Å². The number of halogens is 1. The van der Waals surface area contributed by atoms with Crippen LogP contribution in [-0.4, -0.2) is 17.9 Å². The fourth-order valence-corrected chi connectivity index (χ4v) is 1.88. The molecule has 0 unspecified atom stereocenters. The number of nitrogens with zero attached hydrogens (tertiary/aromatic N) is 2. The first-order chi connectivity index (χ1) is 6.73. The molecule has 0 N–H and O–H groups in total. The first kappa shape index (κ1) is 11.7. The van der Waals surface area contributed by atoms with Crippen molar-refractivity contribution in [2.24, 2.45) is 7.05 Å². The summed E-state index contributed by atoms with van der Waals surface area (Å²) < 4.78 is 22.6. The second-order valence-electron chi connectivity index (χ2n) is 2.67. The van der Waals surface area contributed by atoms with Gasteiger partial charge in [0.05, 0.1) is 11.1 Å². The van der Waals surface area contributed by atoms with Crippen LogP contribution in [0.25, 0.3) is 0 Å². The Morgan fingerprint density at radius 1 is 1.53 bits per heavy atom. The average Bonchev–Trinajstić information content (AvgIpc) is 2.06. The summed E-state index contributed by atoms with van der Waals surface area (Å²) in [5.41, 5.74) is -1.42. The molecule has 0 spiro atoms. The summed E-state index contributed by atoms with van der Waals surface area (Å²) in [7, 11) is 1.87. The van der Waals surface area contributed by atoms with Gasteiger partial charge in [-0.05, 0) is 0 Å². The number of aromatic nitrogens is 1. The molecule has 0 bridgehead atoms. The maximum absolute atomic E-state index is 11.3. The number of rotatable bonds is 2. The van der Waals surface area contributed by atoms with Crippen LogP contribution in [0.15, 0.2) is 22.0 Å². The molecule has 0 aliphatic carbocycles. The highest BCUT2D eigenvalue weighted by atomic mass is 35.7. The molecular formula is C6H5ClN2O5S. The fourth-order valence-electron chi connectivity index (χ4n) is 0.939. The zero-order valence-corrected chi connectivity index (χ0v) is 8.95. The van der Waals surface area contributed by atoms with Gasteiger partial charge >= 0.3 is 0 Å². The van der Waals surface area contributed by atoms with E-state index in [9.17, 15) is 23.3 Å². The lowest BCUT2D eigenvalue weighted by Crippen LogP contribution is -2.22. The minimum atomic E-state index is -4.28. The molecule has 15 heavy (non-hydrogen) atoms. The summed E-state index contributed by atoms with van der Waals surface area (Å²) in [6.45, 7) is 0. The van der Waals surface area contributed by atoms with E-state index in [1.54, 1.807) is 0 Å². The standard InChI is InChI=1S/C6H5ClN2O5S/c1-8-3-4(9(11)12)2-5(6(8)10)15(7,13)14/h2-3H,1H3. The monoisotopic (exact) mass is 252 g/mol. The molecule has 0 amide bonds. The minimum absolute atomic E-state index is 0.517. The van der Waals surface area contributed by atoms with E-state index >= 15 is 0 Å². The van der Waals surface area contributed by atoms with Crippen LogP contribution in [0.2, 0.25) is 0 Å². The van der Waals surface area contributed by atoms with Gasteiger partial charge in [-0.1, -0.05) is 0 Å². The van der Waals surface area contributed by atoms with E-state index < -0.39 is 30.1 Å². The van der Waals surface area contributed by atoms with E-state index in [1.165, 1.54) is 7.05 Å². The highest BCUT2D eigenvalue weighted by Crippen LogP contribution is 2.16. The molecule has 7 nitrogen and oxygen atoms in total. The van der Waals surface area contributed by atoms with Crippen molar-refractivity contribution in [1.82, 2.24) is 4.57 Å². The molecule has 0 aromatic carbocycles. The normalized spacial score (nSPS) is 11.3. The van der Waals surface area contributed by atoms with E-state index in [2.05, 4.69) is 0 Å². The minimum Gasteiger partial charge on any atom is -0.311 e. The van der Waals surface area contributed by atoms with Crippen molar-refractivity contribution in [2.75, 3.05) is 0 Å². The second kappa shape index (κ2) is 3.63. The van der Waals surface area contributed by atoms with Gasteiger partial charge < -0.3 is 4.57 Å². The van der Waals surface area contributed by atoms with Gasteiger partial charge in [-0.25, -0.2) is 8.42 Å². The lowest BCUT2D eigenvalue weighted by Gasteiger charge is -2.00. The molecule has 1 aromatic rings. The van der Waals surface area contributed by atoms with Crippen LogP contribution < -0.4 is 5.56 Å². The van der Waals surface area contributed by atoms with Crippen molar-refractivity contribution in [3.63, 3.8) is 0 Å². The fraction of sp³-hybridized carbons (Fsp3) is 0.167. The maximum Gasteiger partial charge on any atom is 0.287 e. The van der Waals surface area contributed by atoms with Crippen LogP contribution in [0.5, 0.6) is 0 Å². The summed E-state index contributed by atoms with van der Waals surface area (Å²) in [6, 6.07) is 0.630. The van der Waals surface area contributed by atoms with Gasteiger partial charge in [0.1, 0.15) is 0 Å². The third-order valence-electron chi connectivity index (χ3n) is 1.61. The molecule has 82 valence electrons. The van der Waals surface area contributed by atoms with E-state index in [0.29, 0.717) is 6.07 Å². The largest absolute Gasteiger partial charge is 0.311 e. The Kier molecular flexibility index (Phi) is 2.82. The van der Waals surface area contributed by atoms with Gasteiger partial charge in [0.2, 0.25) is 0 Å². The first-order valence-corrected chi connectivity index (χ1v) is 5.84. The van der Waals surface area contributed by atoms with Crippen molar-refractivity contribution in [1.29, 1.82) is 0 Å². The van der Waals surface area contributed by atoms with Crippen LogP contribution in [-0.2, 0) is 16.1 Å². The molecular weight excluding hydrogens is 248 g/mol. The number of pyridine rings is 1. The van der Waals surface area contributed by atoms with E-state index in [4.69, 9.17) is 10.7 Å². The molecule has 1 aromatic heterocycles. The van der Waals surface area contributed by atoms with Crippen LogP contribution in [0, 0.1) is 10.1 Å². The van der Waals surface area contributed by atoms with Crippen LogP contribution in [0.1, 0.15) is 0 Å². The van der Waals surface area contributed by atoms with Crippen LogP contribution in [0.4, 0.5) is 5.69 Å². The first-order valence-electron chi connectivity index (χ1n) is 3.53. The van der Waals surface area contributed by atoms with E-state index in [-0.39, 0.29) is 0 Å². The average molecular weight is 253 g/mol. The summed E-state index contributed by atoms with van der Waals surface area (Å²) in [5, 5.41) is 10.4. The van der Waals surface area contributed by atoms with Gasteiger partial charge in [0.25, 0.3) is 20.3 Å². The Bertz CT molecular complexity index is 576. The van der Waals surface area contributed by atoms with E-state index in [1.807, 2.05) is 0 Å². The third kappa shape index (κ3) is 2.34. The smallest absolute Gasteiger partial charge is 0.287 e. The third-order valence-corrected chi connectivity index (χ3v) is 2.93. The number of aryl methyl sites for hydroxylation is 1. The van der Waals surface area contributed by atoms with E-state index in [0.717, 1.165) is 10.8 Å². The quantitative estimate of drug-likeness (QED) is 0.426. The zero-order valence-electron chi connectivity index (χ0n) is 7.38. The Labute approximate surface area is 88.5 Å². The summed E-state index contributed by atoms with van der Waals surface area (Å²) in [5.74, 6) is 0. The number of nitro groups is 1. The Morgan fingerprint density at radius 3 is 2.47 bits per heavy atom. The summed E-state index contributed by atoms with van der Waals surface area (Å²) in [6.07, 6.45) is 0.911. The van der Waals surface area contributed by atoms with Gasteiger partial charge in [-0.2, -0.15) is 0 Å². The van der Waals surface area contributed by atoms with Crippen molar-refractivity contribution >= 4 is 25.4 Å². The Morgan fingerprint density at radius 2 is 2.07 bits per heavy atom. The molecule has 0 atom stereocenters. The number of hydrogen-bond donors (Lipinski definition) is 0. The highest BCUT2D eigenvalue weighted by Gasteiger charge is 2.21. The topological polar surface area (TPSA) is 99.3 Å². The molecule has 0 radical (unpaired) electrons. The molecule has 1 heterocycles. The Hall–Kier alpha value is -1.41. The lowest BCUT2D eigenvalue weighted by atomic mass is 10.4. The second-order valence-corrected chi connectivity index (χ2v) is 5.21. The van der Waals surface area contributed by atoms with Gasteiger partial charge in [0.15, 0.2) is 4.90 Å². The maximum atomic E-state index is 11.3. The Balaban J connectivity index is 3.68. The zero-order chi connectivity index (χ0) is 11.8. The molecule has 0 aliphatic heterocycles. The predicted molar refractivity (Wildman–Crippen MR) is 51.4 cm³/mol. The molecule has 0 saturated heterocycles. The van der Waals surface area contributed by atoms with Crippen LogP contribution >= 0.6 is 10.7 Å². The number of hydrogen-bond acceptors (Lipinski definition) is 5. The van der Waals surface area contributed by atoms with Crippen molar-refractivity contribution in [3.8, 4) is 0 Å².